The van der Waals surface area contributed by atoms with Crippen molar-refractivity contribution in [1.82, 2.24) is 5.32 Å². The van der Waals surface area contributed by atoms with Crippen molar-refractivity contribution in [2.75, 3.05) is 19.7 Å². The van der Waals surface area contributed by atoms with Crippen molar-refractivity contribution >= 4 is 0 Å². The van der Waals surface area contributed by atoms with Gasteiger partial charge in [0.25, 0.3) is 0 Å². The maximum absolute atomic E-state index is 13.5. The first-order valence-corrected chi connectivity index (χ1v) is 10.5. The molecule has 0 aromatic heterocycles. The molecule has 2 aromatic rings. The average Bonchev–Trinajstić information content (AvgIpc) is 3.21. The van der Waals surface area contributed by atoms with Gasteiger partial charge in [0.1, 0.15) is 5.82 Å². The zero-order chi connectivity index (χ0) is 24.0. The summed E-state index contributed by atoms with van der Waals surface area (Å²) in [7, 11) is 0. The van der Waals surface area contributed by atoms with E-state index in [2.05, 4.69) is 5.32 Å². The van der Waals surface area contributed by atoms with Crippen LogP contribution in [0.1, 0.15) is 41.2 Å². The Kier molecular flexibility index (Phi) is 6.45. The van der Waals surface area contributed by atoms with E-state index in [1.54, 1.807) is 12.1 Å². The van der Waals surface area contributed by atoms with Gasteiger partial charge in [-0.3, -0.25) is 0 Å². The number of hydrogen-bond donors (Lipinski definition) is 1. The number of fused-ring (bicyclic) bond motifs is 1. The van der Waals surface area contributed by atoms with E-state index in [-0.39, 0.29) is 29.4 Å². The van der Waals surface area contributed by atoms with Gasteiger partial charge in [-0.25, -0.2) is 4.39 Å². The molecular weight excluding hydrogens is 455 g/mol. The number of rotatable bonds is 4. The summed E-state index contributed by atoms with van der Waals surface area (Å²) in [5.41, 5.74) is -2.33. The second kappa shape index (κ2) is 8.88. The van der Waals surface area contributed by atoms with Crippen LogP contribution in [0.4, 0.5) is 30.7 Å². The first kappa shape index (κ1) is 24.0. The number of ether oxygens (including phenoxy) is 2. The van der Waals surface area contributed by atoms with Crippen LogP contribution in [-0.2, 0) is 21.8 Å². The van der Waals surface area contributed by atoms with Crippen LogP contribution in [0.3, 0.4) is 0 Å². The van der Waals surface area contributed by atoms with Crippen molar-refractivity contribution in [3.8, 4) is 0 Å². The van der Waals surface area contributed by atoms with Crippen molar-refractivity contribution in [3.05, 3.63) is 70.5 Å². The van der Waals surface area contributed by atoms with Crippen molar-refractivity contribution in [3.63, 3.8) is 0 Å². The number of alkyl halides is 6. The van der Waals surface area contributed by atoms with Crippen molar-refractivity contribution in [2.45, 2.75) is 37.6 Å². The van der Waals surface area contributed by atoms with E-state index < -0.39 is 41.7 Å². The Morgan fingerprint density at radius 2 is 1.55 bits per heavy atom. The molecule has 10 heteroatoms. The van der Waals surface area contributed by atoms with E-state index in [1.807, 2.05) is 0 Å². The van der Waals surface area contributed by atoms with Gasteiger partial charge in [0, 0.05) is 12.5 Å². The lowest BCUT2D eigenvalue weighted by atomic mass is 9.77. The van der Waals surface area contributed by atoms with Gasteiger partial charge in [-0.2, -0.15) is 26.3 Å². The molecule has 2 aliphatic heterocycles. The smallest absolute Gasteiger partial charge is 0.352 e. The van der Waals surface area contributed by atoms with Crippen molar-refractivity contribution in [1.29, 1.82) is 0 Å². The third kappa shape index (κ3) is 5.17. The van der Waals surface area contributed by atoms with Crippen LogP contribution in [-0.4, -0.2) is 26.0 Å². The van der Waals surface area contributed by atoms with Gasteiger partial charge in [-0.05, 0) is 66.8 Å². The average molecular weight is 477 g/mol. The molecule has 0 radical (unpaired) electrons. The molecule has 33 heavy (non-hydrogen) atoms. The minimum atomic E-state index is -4.95. The summed E-state index contributed by atoms with van der Waals surface area (Å²) in [6, 6.07) is 7.19. The summed E-state index contributed by atoms with van der Waals surface area (Å²) < 4.78 is 105. The highest BCUT2D eigenvalue weighted by molar-refractivity contribution is 5.35. The molecule has 2 heterocycles. The van der Waals surface area contributed by atoms with Crippen LogP contribution < -0.4 is 5.32 Å². The second-order valence-electron chi connectivity index (χ2n) is 8.48. The fraction of sp³-hybridized carbons (Fsp3) is 0.478. The lowest BCUT2D eigenvalue weighted by molar-refractivity contribution is -0.217. The molecule has 2 saturated heterocycles. The normalized spacial score (nSPS) is 26.8. The van der Waals surface area contributed by atoms with Crippen LogP contribution in [0.2, 0.25) is 0 Å². The van der Waals surface area contributed by atoms with Gasteiger partial charge in [0.15, 0.2) is 6.29 Å². The van der Waals surface area contributed by atoms with Gasteiger partial charge in [-0.15, -0.1) is 0 Å². The fourth-order valence-corrected chi connectivity index (χ4v) is 4.59. The molecule has 3 nitrogen and oxygen atoms in total. The summed E-state index contributed by atoms with van der Waals surface area (Å²) in [5, 5.41) is 3.27. The molecule has 1 unspecified atom stereocenters. The molecule has 180 valence electrons. The van der Waals surface area contributed by atoms with E-state index in [0.29, 0.717) is 31.8 Å². The summed E-state index contributed by atoms with van der Waals surface area (Å²) in [6.07, 6.45) is -11.9. The molecule has 4 rings (SSSR count). The largest absolute Gasteiger partial charge is 0.416 e. The van der Waals surface area contributed by atoms with Crippen LogP contribution >= 0.6 is 0 Å². The zero-order valence-electron chi connectivity index (χ0n) is 17.5. The van der Waals surface area contributed by atoms with E-state index in [4.69, 9.17) is 9.47 Å². The lowest BCUT2D eigenvalue weighted by Crippen LogP contribution is -2.42. The number of benzene rings is 2. The summed E-state index contributed by atoms with van der Waals surface area (Å²) in [5.74, 6) is -0.560. The van der Waals surface area contributed by atoms with E-state index in [9.17, 15) is 30.7 Å². The van der Waals surface area contributed by atoms with Crippen LogP contribution in [0.25, 0.3) is 0 Å². The van der Waals surface area contributed by atoms with Gasteiger partial charge in [0.2, 0.25) is 0 Å². The molecule has 2 aromatic carbocycles. The number of halogens is 7. The van der Waals surface area contributed by atoms with Gasteiger partial charge >= 0.3 is 12.4 Å². The topological polar surface area (TPSA) is 30.5 Å². The summed E-state index contributed by atoms with van der Waals surface area (Å²) >= 11 is 0. The SMILES string of the molecule is C[C@@H](OC1OC[C@@H]2CNC[C@H]2[C@H]1c1ccc(F)cc1)c1cc(C(F)(F)F)cc(C(F)(F)F)c1. The van der Waals surface area contributed by atoms with E-state index in [0.717, 1.165) is 5.56 Å². The van der Waals surface area contributed by atoms with Crippen LogP contribution in [0.15, 0.2) is 42.5 Å². The molecule has 1 N–H and O–H groups in total. The molecule has 0 spiro atoms. The first-order valence-electron chi connectivity index (χ1n) is 10.5. The Balaban J connectivity index is 1.65. The fourth-order valence-electron chi connectivity index (χ4n) is 4.59. The van der Waals surface area contributed by atoms with E-state index >= 15 is 0 Å². The highest BCUT2D eigenvalue weighted by Crippen LogP contribution is 2.43. The van der Waals surface area contributed by atoms with Crippen molar-refractivity contribution in [2.24, 2.45) is 11.8 Å². The highest BCUT2D eigenvalue weighted by atomic mass is 19.4. The Bertz CT molecular complexity index is 942. The molecule has 2 fully saturated rings. The monoisotopic (exact) mass is 477 g/mol. The zero-order valence-corrected chi connectivity index (χ0v) is 17.5. The molecule has 5 atom stereocenters. The van der Waals surface area contributed by atoms with Gasteiger partial charge in [0.05, 0.1) is 23.8 Å². The Labute approximate surface area is 185 Å². The number of hydrogen-bond acceptors (Lipinski definition) is 3. The Hall–Kier alpha value is -2.17. The third-order valence-electron chi connectivity index (χ3n) is 6.29. The molecule has 0 amide bonds. The van der Waals surface area contributed by atoms with Crippen LogP contribution in [0, 0.1) is 17.7 Å². The number of nitrogens with one attached hydrogen (secondary N) is 1. The summed E-state index contributed by atoms with van der Waals surface area (Å²) in [6.45, 7) is 3.09. The molecule has 0 bridgehead atoms. The molecule has 0 saturated carbocycles. The first-order chi connectivity index (χ1) is 15.4. The minimum absolute atomic E-state index is 0.0636. The Morgan fingerprint density at radius 3 is 2.12 bits per heavy atom. The predicted octanol–water partition coefficient (Wildman–Crippen LogP) is 5.92. The maximum atomic E-state index is 13.5. The summed E-state index contributed by atoms with van der Waals surface area (Å²) in [4.78, 5) is 0. The lowest BCUT2D eigenvalue weighted by Gasteiger charge is -2.40. The third-order valence-corrected chi connectivity index (χ3v) is 6.29. The van der Waals surface area contributed by atoms with Crippen LogP contribution in [0.5, 0.6) is 0 Å². The molecule has 2 aliphatic rings. The van der Waals surface area contributed by atoms with Gasteiger partial charge < -0.3 is 14.8 Å². The predicted molar refractivity (Wildman–Crippen MR) is 105 cm³/mol. The highest BCUT2D eigenvalue weighted by Gasteiger charge is 2.45. The van der Waals surface area contributed by atoms with Gasteiger partial charge in [-0.1, -0.05) is 12.1 Å². The minimum Gasteiger partial charge on any atom is -0.352 e. The standard InChI is InChI=1S/C23H22F7NO2/c1-12(14-6-16(22(25,26)27)8-17(7-14)23(28,29)30)33-21-20(13-2-4-18(24)5-3-13)19-10-31-9-15(19)11-32-21/h2-8,12,15,19-21,31H,9-11H2,1H3/t12-,15+,19-,20-,21?/m1/s1. The van der Waals surface area contributed by atoms with E-state index in [1.165, 1.54) is 19.1 Å². The second-order valence-corrected chi connectivity index (χ2v) is 8.48. The quantitative estimate of drug-likeness (QED) is 0.555. The van der Waals surface area contributed by atoms with Crippen molar-refractivity contribution < 1.29 is 40.2 Å². The molecular formula is C23H22F7NO2. The molecule has 0 aliphatic carbocycles. The Morgan fingerprint density at radius 1 is 0.939 bits per heavy atom. The maximum Gasteiger partial charge on any atom is 0.416 e.